The summed E-state index contributed by atoms with van der Waals surface area (Å²) in [5, 5.41) is 7.84. The van der Waals surface area contributed by atoms with Gasteiger partial charge in [0.1, 0.15) is 5.75 Å². The molecular weight excluding hydrogens is 328 g/mol. The number of aryl methyl sites for hydroxylation is 1. The van der Waals surface area contributed by atoms with Crippen LogP contribution in [0.5, 0.6) is 5.75 Å². The second kappa shape index (κ2) is 7.02. The van der Waals surface area contributed by atoms with Crippen LogP contribution in [-0.4, -0.2) is 20.4 Å². The highest BCUT2D eigenvalue weighted by Gasteiger charge is 2.14. The molecule has 7 heteroatoms. The summed E-state index contributed by atoms with van der Waals surface area (Å²) in [5.41, 5.74) is 1.43. The lowest BCUT2D eigenvalue weighted by Gasteiger charge is -2.11. The van der Waals surface area contributed by atoms with Crippen LogP contribution in [0.15, 0.2) is 47.4 Å². The van der Waals surface area contributed by atoms with Crippen molar-refractivity contribution in [1.82, 2.24) is 0 Å². The number of anilines is 1. The Balaban J connectivity index is 2.19. The number of sulfonamides is 1. The van der Waals surface area contributed by atoms with Crippen molar-refractivity contribution in [3.8, 4) is 5.75 Å². The largest absolute Gasteiger partial charge is 0.491 e. The predicted octanol–water partition coefficient (Wildman–Crippen LogP) is 2.68. The molecule has 1 amide bonds. The number of carbonyl (C=O) groups excluding carboxylic acids is 1. The first-order valence-electron chi connectivity index (χ1n) is 7.38. The van der Waals surface area contributed by atoms with Gasteiger partial charge in [-0.3, -0.25) is 4.79 Å². The number of hydrogen-bond acceptors (Lipinski definition) is 4. The topological polar surface area (TPSA) is 98.5 Å². The van der Waals surface area contributed by atoms with Gasteiger partial charge in [0.2, 0.25) is 10.0 Å². The van der Waals surface area contributed by atoms with Crippen molar-refractivity contribution in [2.24, 2.45) is 5.14 Å². The van der Waals surface area contributed by atoms with Gasteiger partial charge < -0.3 is 10.1 Å². The maximum Gasteiger partial charge on any atom is 0.255 e. The van der Waals surface area contributed by atoms with Gasteiger partial charge in [-0.15, -0.1) is 0 Å². The van der Waals surface area contributed by atoms with Crippen LogP contribution in [0.25, 0.3) is 0 Å². The molecular formula is C17H20N2O4S. The summed E-state index contributed by atoms with van der Waals surface area (Å²) in [7, 11) is -3.87. The van der Waals surface area contributed by atoms with Gasteiger partial charge in [0.15, 0.2) is 0 Å². The summed E-state index contributed by atoms with van der Waals surface area (Å²) >= 11 is 0. The lowest BCUT2D eigenvalue weighted by molar-refractivity contribution is 0.102. The van der Waals surface area contributed by atoms with E-state index in [2.05, 4.69) is 5.32 Å². The Hall–Kier alpha value is -2.38. The van der Waals surface area contributed by atoms with Gasteiger partial charge in [-0.25, -0.2) is 13.6 Å². The van der Waals surface area contributed by atoms with Gasteiger partial charge in [-0.1, -0.05) is 0 Å². The Morgan fingerprint density at radius 2 is 1.75 bits per heavy atom. The number of benzene rings is 2. The first-order valence-corrected chi connectivity index (χ1v) is 8.92. The van der Waals surface area contributed by atoms with E-state index in [1.54, 1.807) is 37.3 Å². The molecule has 128 valence electrons. The number of hydrogen-bond donors (Lipinski definition) is 2. The van der Waals surface area contributed by atoms with Crippen LogP contribution in [0, 0.1) is 6.92 Å². The van der Waals surface area contributed by atoms with E-state index in [9.17, 15) is 13.2 Å². The van der Waals surface area contributed by atoms with Crippen LogP contribution >= 0.6 is 0 Å². The molecule has 0 spiro atoms. The zero-order valence-electron chi connectivity index (χ0n) is 13.7. The second-order valence-corrected chi connectivity index (χ2v) is 7.29. The van der Waals surface area contributed by atoms with Crippen LogP contribution in [0.1, 0.15) is 29.8 Å². The molecule has 2 rings (SSSR count). The van der Waals surface area contributed by atoms with Crippen molar-refractivity contribution in [1.29, 1.82) is 0 Å². The number of nitrogens with one attached hydrogen (secondary N) is 1. The van der Waals surface area contributed by atoms with E-state index >= 15 is 0 Å². The third-order valence-corrected chi connectivity index (χ3v) is 4.02. The average molecular weight is 348 g/mol. The first kappa shape index (κ1) is 18.0. The van der Waals surface area contributed by atoms with Crippen molar-refractivity contribution in [3.05, 3.63) is 53.6 Å². The molecule has 0 atom stereocenters. The van der Waals surface area contributed by atoms with Gasteiger partial charge in [0.05, 0.1) is 11.0 Å². The van der Waals surface area contributed by atoms with Crippen molar-refractivity contribution in [2.75, 3.05) is 5.32 Å². The van der Waals surface area contributed by atoms with Gasteiger partial charge in [0.25, 0.3) is 5.91 Å². The summed E-state index contributed by atoms with van der Waals surface area (Å²) in [5.74, 6) is 0.288. The minimum absolute atomic E-state index is 0.0642. The highest BCUT2D eigenvalue weighted by Crippen LogP contribution is 2.19. The summed E-state index contributed by atoms with van der Waals surface area (Å²) in [6.07, 6.45) is 0.0642. The Morgan fingerprint density at radius 3 is 2.29 bits per heavy atom. The van der Waals surface area contributed by atoms with E-state index in [0.717, 1.165) is 0 Å². The zero-order valence-corrected chi connectivity index (χ0v) is 14.6. The number of nitrogens with two attached hydrogens (primary N) is 1. The Kier molecular flexibility index (Phi) is 5.26. The number of primary sulfonamides is 1. The fraction of sp³-hybridized carbons (Fsp3) is 0.235. The molecule has 0 aromatic heterocycles. The van der Waals surface area contributed by atoms with E-state index in [1.807, 2.05) is 13.8 Å². The summed E-state index contributed by atoms with van der Waals surface area (Å²) < 4.78 is 28.5. The normalized spacial score (nSPS) is 11.4. The van der Waals surface area contributed by atoms with Gasteiger partial charge in [-0.2, -0.15) is 0 Å². The molecule has 0 aliphatic rings. The van der Waals surface area contributed by atoms with Gasteiger partial charge in [0, 0.05) is 11.3 Å². The molecule has 0 fully saturated rings. The minimum Gasteiger partial charge on any atom is -0.491 e. The maximum absolute atomic E-state index is 12.3. The lowest BCUT2D eigenvalue weighted by Crippen LogP contribution is -2.16. The quantitative estimate of drug-likeness (QED) is 0.868. The van der Waals surface area contributed by atoms with E-state index in [1.165, 1.54) is 12.1 Å². The van der Waals surface area contributed by atoms with Crippen LogP contribution in [-0.2, 0) is 10.0 Å². The molecule has 3 N–H and O–H groups in total. The fourth-order valence-electron chi connectivity index (χ4n) is 2.14. The molecule has 0 saturated carbocycles. The van der Waals surface area contributed by atoms with Crippen molar-refractivity contribution in [2.45, 2.75) is 31.8 Å². The van der Waals surface area contributed by atoms with Crippen LogP contribution in [0.3, 0.4) is 0 Å². The minimum atomic E-state index is -3.87. The average Bonchev–Trinajstić information content (AvgIpc) is 2.47. The molecule has 0 aliphatic carbocycles. The Bertz CT molecular complexity index is 843. The Labute approximate surface area is 141 Å². The second-order valence-electron chi connectivity index (χ2n) is 5.72. The maximum atomic E-state index is 12.3. The zero-order chi connectivity index (χ0) is 17.9. The first-order chi connectivity index (χ1) is 11.1. The standard InChI is InChI=1S/C17H20N2O4S/c1-11(2)23-15-6-4-14(5-7-15)19-17(20)13-8-12(3)9-16(10-13)24(18,21)22/h4-11H,1-3H3,(H,19,20)(H2,18,21,22). The molecule has 0 heterocycles. The summed E-state index contributed by atoms with van der Waals surface area (Å²) in [4.78, 5) is 12.2. The highest BCUT2D eigenvalue weighted by atomic mass is 32.2. The SMILES string of the molecule is Cc1cc(C(=O)Nc2ccc(OC(C)C)cc2)cc(S(N)(=O)=O)c1. The number of carbonyl (C=O) groups is 1. The molecule has 0 unspecified atom stereocenters. The number of rotatable bonds is 5. The summed E-state index contributed by atoms with van der Waals surface area (Å²) in [6.45, 7) is 5.55. The van der Waals surface area contributed by atoms with Crippen LogP contribution < -0.4 is 15.2 Å². The fourth-order valence-corrected chi connectivity index (χ4v) is 2.78. The molecule has 2 aromatic carbocycles. The van der Waals surface area contributed by atoms with E-state index in [-0.39, 0.29) is 16.6 Å². The molecule has 24 heavy (non-hydrogen) atoms. The number of ether oxygens (including phenoxy) is 1. The highest BCUT2D eigenvalue weighted by molar-refractivity contribution is 7.89. The van der Waals surface area contributed by atoms with Gasteiger partial charge in [-0.05, 0) is 68.8 Å². The van der Waals surface area contributed by atoms with Crippen molar-refractivity contribution < 1.29 is 17.9 Å². The smallest absolute Gasteiger partial charge is 0.255 e. The summed E-state index contributed by atoms with van der Waals surface area (Å²) in [6, 6.07) is 11.2. The van der Waals surface area contributed by atoms with E-state index in [0.29, 0.717) is 17.0 Å². The predicted molar refractivity (Wildman–Crippen MR) is 92.7 cm³/mol. The lowest BCUT2D eigenvalue weighted by atomic mass is 10.1. The van der Waals surface area contributed by atoms with Crippen molar-refractivity contribution >= 4 is 21.6 Å². The molecule has 0 aliphatic heterocycles. The molecule has 0 saturated heterocycles. The van der Waals surface area contributed by atoms with Gasteiger partial charge >= 0.3 is 0 Å². The van der Waals surface area contributed by atoms with E-state index in [4.69, 9.17) is 9.88 Å². The third-order valence-electron chi connectivity index (χ3n) is 3.13. The molecule has 6 nitrogen and oxygen atoms in total. The van der Waals surface area contributed by atoms with Crippen molar-refractivity contribution in [3.63, 3.8) is 0 Å². The monoisotopic (exact) mass is 348 g/mol. The molecule has 0 radical (unpaired) electrons. The Morgan fingerprint density at radius 1 is 1.12 bits per heavy atom. The molecule has 2 aromatic rings. The number of amides is 1. The third kappa shape index (κ3) is 4.81. The van der Waals surface area contributed by atoms with E-state index < -0.39 is 15.9 Å². The van der Waals surface area contributed by atoms with Crippen LogP contribution in [0.4, 0.5) is 5.69 Å². The van der Waals surface area contributed by atoms with Crippen LogP contribution in [0.2, 0.25) is 0 Å². The molecule has 0 bridgehead atoms.